The van der Waals surface area contributed by atoms with Gasteiger partial charge >= 0.3 is 6.09 Å². The van der Waals surface area contributed by atoms with Gasteiger partial charge < -0.3 is 9.64 Å². The van der Waals surface area contributed by atoms with E-state index in [0.717, 1.165) is 18.4 Å². The van der Waals surface area contributed by atoms with Gasteiger partial charge in [0, 0.05) is 7.05 Å². The van der Waals surface area contributed by atoms with Crippen molar-refractivity contribution in [1.82, 2.24) is 4.90 Å². The molecule has 1 aliphatic carbocycles. The van der Waals surface area contributed by atoms with Crippen LogP contribution in [0.2, 0.25) is 0 Å². The molecule has 0 heterocycles. The Bertz CT molecular complexity index is 545. The SMILES string of the molecule is CN(C(=O)OC(C)(C)C)C1(c2ccc(C#N)cc2)CC1. The van der Waals surface area contributed by atoms with Crippen LogP contribution in [-0.2, 0) is 10.3 Å². The number of nitriles is 1. The summed E-state index contributed by atoms with van der Waals surface area (Å²) in [6.45, 7) is 5.58. The van der Waals surface area contributed by atoms with Crippen LogP contribution in [0.5, 0.6) is 0 Å². The summed E-state index contributed by atoms with van der Waals surface area (Å²) in [6, 6.07) is 9.53. The van der Waals surface area contributed by atoms with Crippen molar-refractivity contribution in [3.05, 3.63) is 35.4 Å². The first-order valence-corrected chi connectivity index (χ1v) is 6.76. The lowest BCUT2D eigenvalue weighted by molar-refractivity contribution is 0.0190. The third kappa shape index (κ3) is 2.77. The van der Waals surface area contributed by atoms with Crippen LogP contribution in [0.4, 0.5) is 4.79 Å². The van der Waals surface area contributed by atoms with Crippen LogP contribution in [0.15, 0.2) is 24.3 Å². The molecule has 0 N–H and O–H groups in total. The van der Waals surface area contributed by atoms with E-state index in [9.17, 15) is 4.79 Å². The van der Waals surface area contributed by atoms with E-state index in [1.54, 1.807) is 24.1 Å². The average Bonchev–Trinajstić information content (AvgIpc) is 3.17. The van der Waals surface area contributed by atoms with Gasteiger partial charge in [-0.25, -0.2) is 4.79 Å². The van der Waals surface area contributed by atoms with Gasteiger partial charge in [-0.05, 0) is 51.3 Å². The fourth-order valence-electron chi connectivity index (χ4n) is 2.30. The van der Waals surface area contributed by atoms with Gasteiger partial charge in [-0.3, -0.25) is 0 Å². The molecule has 1 aromatic carbocycles. The first-order valence-electron chi connectivity index (χ1n) is 6.76. The summed E-state index contributed by atoms with van der Waals surface area (Å²) in [6.07, 6.45) is 1.54. The van der Waals surface area contributed by atoms with Crippen molar-refractivity contribution in [2.75, 3.05) is 7.05 Å². The molecule has 0 aliphatic heterocycles. The molecule has 0 bridgehead atoms. The number of nitrogens with zero attached hydrogens (tertiary/aromatic N) is 2. The maximum absolute atomic E-state index is 12.2. The normalized spacial score (nSPS) is 16.1. The van der Waals surface area contributed by atoms with Crippen molar-refractivity contribution in [3.63, 3.8) is 0 Å². The molecule has 0 spiro atoms. The highest BCUT2D eigenvalue weighted by Gasteiger charge is 2.50. The Morgan fingerprint density at radius 2 is 1.85 bits per heavy atom. The van der Waals surface area contributed by atoms with Crippen molar-refractivity contribution in [2.24, 2.45) is 0 Å². The second-order valence-electron chi connectivity index (χ2n) is 6.26. The lowest BCUT2D eigenvalue weighted by Gasteiger charge is -2.31. The van der Waals surface area contributed by atoms with Crippen LogP contribution in [0.3, 0.4) is 0 Å². The number of ether oxygens (including phenoxy) is 1. The van der Waals surface area contributed by atoms with E-state index in [2.05, 4.69) is 6.07 Å². The van der Waals surface area contributed by atoms with Gasteiger partial charge in [0.25, 0.3) is 0 Å². The van der Waals surface area contributed by atoms with Crippen LogP contribution >= 0.6 is 0 Å². The molecule has 1 saturated carbocycles. The fourth-order valence-corrected chi connectivity index (χ4v) is 2.30. The van der Waals surface area contributed by atoms with Crippen molar-refractivity contribution in [1.29, 1.82) is 5.26 Å². The molecule has 0 aromatic heterocycles. The quantitative estimate of drug-likeness (QED) is 0.829. The summed E-state index contributed by atoms with van der Waals surface area (Å²) in [4.78, 5) is 13.9. The zero-order valence-electron chi connectivity index (χ0n) is 12.4. The highest BCUT2D eigenvalue weighted by Crippen LogP contribution is 2.50. The topological polar surface area (TPSA) is 53.3 Å². The third-order valence-electron chi connectivity index (χ3n) is 3.58. The van der Waals surface area contributed by atoms with Gasteiger partial charge in [-0.15, -0.1) is 0 Å². The highest BCUT2D eigenvalue weighted by atomic mass is 16.6. The van der Waals surface area contributed by atoms with Crippen molar-refractivity contribution >= 4 is 6.09 Å². The second-order valence-corrected chi connectivity index (χ2v) is 6.26. The van der Waals surface area contributed by atoms with E-state index >= 15 is 0 Å². The number of hydrogen-bond acceptors (Lipinski definition) is 3. The van der Waals surface area contributed by atoms with Gasteiger partial charge in [-0.2, -0.15) is 5.26 Å². The van der Waals surface area contributed by atoms with E-state index in [1.165, 1.54) is 0 Å². The predicted molar refractivity (Wildman–Crippen MR) is 76.1 cm³/mol. The fraction of sp³-hybridized carbons (Fsp3) is 0.500. The number of hydrogen-bond donors (Lipinski definition) is 0. The molecule has 2 rings (SSSR count). The first-order chi connectivity index (χ1) is 9.28. The number of carbonyl (C=O) groups is 1. The molecule has 0 radical (unpaired) electrons. The van der Waals surface area contributed by atoms with Crippen molar-refractivity contribution < 1.29 is 9.53 Å². The molecule has 0 atom stereocenters. The average molecular weight is 272 g/mol. The molecule has 1 fully saturated rings. The summed E-state index contributed by atoms with van der Waals surface area (Å²) >= 11 is 0. The minimum atomic E-state index is -0.494. The molecule has 1 aliphatic rings. The van der Waals surface area contributed by atoms with E-state index in [4.69, 9.17) is 10.00 Å². The van der Waals surface area contributed by atoms with Gasteiger partial charge in [0.15, 0.2) is 0 Å². The minimum absolute atomic E-state index is 0.268. The maximum Gasteiger partial charge on any atom is 0.410 e. The summed E-state index contributed by atoms with van der Waals surface area (Å²) in [5, 5.41) is 8.84. The number of carbonyl (C=O) groups excluding carboxylic acids is 1. The lowest BCUT2D eigenvalue weighted by atomic mass is 10.0. The van der Waals surface area contributed by atoms with Crippen LogP contribution in [0.1, 0.15) is 44.7 Å². The zero-order valence-corrected chi connectivity index (χ0v) is 12.4. The Morgan fingerprint density at radius 1 is 1.30 bits per heavy atom. The molecule has 1 amide bonds. The Hall–Kier alpha value is -2.02. The molecule has 4 nitrogen and oxygen atoms in total. The van der Waals surface area contributed by atoms with Crippen molar-refractivity contribution in [2.45, 2.75) is 44.8 Å². The van der Waals surface area contributed by atoms with Crippen LogP contribution < -0.4 is 0 Å². The Balaban J connectivity index is 2.18. The number of benzene rings is 1. The van der Waals surface area contributed by atoms with Crippen LogP contribution in [0.25, 0.3) is 0 Å². The van der Waals surface area contributed by atoms with Gasteiger partial charge in [0.05, 0.1) is 17.2 Å². The monoisotopic (exact) mass is 272 g/mol. The van der Waals surface area contributed by atoms with E-state index in [0.29, 0.717) is 5.56 Å². The molecular formula is C16H20N2O2. The van der Waals surface area contributed by atoms with Crippen LogP contribution in [0, 0.1) is 11.3 Å². The van der Waals surface area contributed by atoms with Gasteiger partial charge in [0.1, 0.15) is 5.60 Å². The smallest absolute Gasteiger partial charge is 0.410 e. The second kappa shape index (κ2) is 4.82. The molecule has 1 aromatic rings. The Labute approximate surface area is 120 Å². The number of amides is 1. The van der Waals surface area contributed by atoms with Gasteiger partial charge in [0.2, 0.25) is 0 Å². The molecular weight excluding hydrogens is 252 g/mol. The standard InChI is InChI=1S/C16H20N2O2/c1-15(2,3)20-14(19)18(4)16(9-10-16)13-7-5-12(11-17)6-8-13/h5-8H,9-10H2,1-4H3. The lowest BCUT2D eigenvalue weighted by Crippen LogP contribution is -2.40. The first kappa shape index (κ1) is 14.4. The van der Waals surface area contributed by atoms with E-state index in [1.807, 2.05) is 32.9 Å². The number of rotatable bonds is 2. The molecule has 4 heteroatoms. The summed E-state index contributed by atoms with van der Waals surface area (Å²) < 4.78 is 5.43. The summed E-state index contributed by atoms with van der Waals surface area (Å²) in [7, 11) is 1.78. The van der Waals surface area contributed by atoms with E-state index < -0.39 is 5.60 Å². The largest absolute Gasteiger partial charge is 0.444 e. The highest BCUT2D eigenvalue weighted by molar-refractivity contribution is 5.70. The molecule has 0 saturated heterocycles. The van der Waals surface area contributed by atoms with Crippen molar-refractivity contribution in [3.8, 4) is 6.07 Å². The molecule has 20 heavy (non-hydrogen) atoms. The van der Waals surface area contributed by atoms with Crippen LogP contribution in [-0.4, -0.2) is 23.6 Å². The minimum Gasteiger partial charge on any atom is -0.444 e. The zero-order chi connectivity index (χ0) is 15.0. The van der Waals surface area contributed by atoms with Gasteiger partial charge in [-0.1, -0.05) is 12.1 Å². The Kier molecular flexibility index (Phi) is 3.47. The molecule has 0 unspecified atom stereocenters. The third-order valence-corrected chi connectivity index (χ3v) is 3.58. The predicted octanol–water partition coefficient (Wildman–Crippen LogP) is 3.41. The Morgan fingerprint density at radius 3 is 2.25 bits per heavy atom. The molecule has 106 valence electrons. The summed E-state index contributed by atoms with van der Waals surface area (Å²) in [5.41, 5.74) is 0.928. The summed E-state index contributed by atoms with van der Waals surface area (Å²) in [5.74, 6) is 0. The maximum atomic E-state index is 12.2. The van der Waals surface area contributed by atoms with E-state index in [-0.39, 0.29) is 11.6 Å².